The molecule has 5 heteroatoms. The van der Waals surface area contributed by atoms with Gasteiger partial charge >= 0.3 is 0 Å². The van der Waals surface area contributed by atoms with Crippen molar-refractivity contribution in [1.29, 1.82) is 0 Å². The molecular formula is C13H16N4O. The minimum Gasteiger partial charge on any atom is -0.388 e. The van der Waals surface area contributed by atoms with E-state index >= 15 is 0 Å². The van der Waals surface area contributed by atoms with Gasteiger partial charge < -0.3 is 5.11 Å². The van der Waals surface area contributed by atoms with E-state index in [0.717, 1.165) is 31.2 Å². The van der Waals surface area contributed by atoms with Crippen LogP contribution in [0.1, 0.15) is 25.7 Å². The molecule has 0 unspecified atom stereocenters. The lowest BCUT2D eigenvalue weighted by Gasteiger charge is -2.20. The molecule has 18 heavy (non-hydrogen) atoms. The molecule has 0 saturated heterocycles. The molecule has 1 aromatic carbocycles. The van der Waals surface area contributed by atoms with E-state index in [2.05, 4.69) is 15.4 Å². The minimum atomic E-state index is -0.644. The Morgan fingerprint density at radius 3 is 2.61 bits per heavy atom. The molecule has 0 atom stereocenters. The van der Waals surface area contributed by atoms with Gasteiger partial charge in [0.25, 0.3) is 0 Å². The van der Waals surface area contributed by atoms with Crippen molar-refractivity contribution in [2.75, 3.05) is 0 Å². The molecule has 1 aromatic heterocycles. The lowest BCUT2D eigenvalue weighted by Crippen LogP contribution is -2.31. The zero-order chi connectivity index (χ0) is 12.4. The Labute approximate surface area is 105 Å². The SMILES string of the molecule is OC1(Cn2nnc(-c3ccccc3)n2)CCCC1. The average Bonchev–Trinajstić information content (AvgIpc) is 3.00. The van der Waals surface area contributed by atoms with Crippen molar-refractivity contribution < 1.29 is 5.11 Å². The first-order valence-corrected chi connectivity index (χ1v) is 6.31. The highest BCUT2D eigenvalue weighted by molar-refractivity contribution is 5.52. The third kappa shape index (κ3) is 2.26. The minimum absolute atomic E-state index is 0.437. The lowest BCUT2D eigenvalue weighted by molar-refractivity contribution is 0.0220. The molecule has 94 valence electrons. The highest BCUT2D eigenvalue weighted by Crippen LogP contribution is 2.30. The van der Waals surface area contributed by atoms with Gasteiger partial charge in [0.1, 0.15) is 0 Å². The van der Waals surface area contributed by atoms with Gasteiger partial charge in [-0.15, -0.1) is 10.2 Å². The molecule has 1 heterocycles. The van der Waals surface area contributed by atoms with Crippen molar-refractivity contribution in [3.05, 3.63) is 30.3 Å². The van der Waals surface area contributed by atoms with E-state index in [1.165, 1.54) is 4.80 Å². The molecule has 2 aromatic rings. The maximum atomic E-state index is 10.3. The first-order valence-electron chi connectivity index (χ1n) is 6.31. The first kappa shape index (κ1) is 11.3. The maximum Gasteiger partial charge on any atom is 0.204 e. The normalized spacial score (nSPS) is 18.1. The first-order chi connectivity index (χ1) is 8.75. The third-order valence-corrected chi connectivity index (χ3v) is 3.45. The van der Waals surface area contributed by atoms with Gasteiger partial charge in [-0.1, -0.05) is 43.2 Å². The van der Waals surface area contributed by atoms with Crippen LogP contribution in [0.2, 0.25) is 0 Å². The summed E-state index contributed by atoms with van der Waals surface area (Å²) in [4.78, 5) is 1.51. The second-order valence-electron chi connectivity index (χ2n) is 4.94. The number of nitrogens with zero attached hydrogens (tertiary/aromatic N) is 4. The van der Waals surface area contributed by atoms with Gasteiger partial charge in [0, 0.05) is 5.56 Å². The Hall–Kier alpha value is -1.75. The van der Waals surface area contributed by atoms with Crippen LogP contribution in [0.15, 0.2) is 30.3 Å². The molecule has 1 aliphatic carbocycles. The van der Waals surface area contributed by atoms with Crippen LogP contribution in [0.4, 0.5) is 0 Å². The number of benzene rings is 1. The Kier molecular flexibility index (Phi) is 2.83. The molecule has 0 aliphatic heterocycles. The lowest BCUT2D eigenvalue weighted by atomic mass is 10.0. The maximum absolute atomic E-state index is 10.3. The van der Waals surface area contributed by atoms with Crippen LogP contribution >= 0.6 is 0 Å². The molecule has 0 bridgehead atoms. The molecular weight excluding hydrogens is 228 g/mol. The van der Waals surface area contributed by atoms with Gasteiger partial charge in [0.15, 0.2) is 0 Å². The Balaban J connectivity index is 1.78. The molecule has 1 N–H and O–H groups in total. The van der Waals surface area contributed by atoms with Crippen molar-refractivity contribution in [3.8, 4) is 11.4 Å². The average molecular weight is 244 g/mol. The summed E-state index contributed by atoms with van der Waals surface area (Å²) >= 11 is 0. The van der Waals surface area contributed by atoms with Gasteiger partial charge in [-0.2, -0.15) is 4.80 Å². The molecule has 1 fully saturated rings. The van der Waals surface area contributed by atoms with Crippen LogP contribution in [0.25, 0.3) is 11.4 Å². The summed E-state index contributed by atoms with van der Waals surface area (Å²) in [6.45, 7) is 0.437. The smallest absolute Gasteiger partial charge is 0.204 e. The van der Waals surface area contributed by atoms with Crippen LogP contribution < -0.4 is 0 Å². The monoisotopic (exact) mass is 244 g/mol. The summed E-state index contributed by atoms with van der Waals surface area (Å²) < 4.78 is 0. The van der Waals surface area contributed by atoms with Crippen LogP contribution in [-0.4, -0.2) is 30.9 Å². The van der Waals surface area contributed by atoms with E-state index in [9.17, 15) is 5.11 Å². The third-order valence-electron chi connectivity index (χ3n) is 3.45. The van der Waals surface area contributed by atoms with E-state index in [1.54, 1.807) is 0 Å². The molecule has 0 spiro atoms. The fourth-order valence-corrected chi connectivity index (χ4v) is 2.47. The van der Waals surface area contributed by atoms with Crippen LogP contribution in [0.5, 0.6) is 0 Å². The van der Waals surface area contributed by atoms with Gasteiger partial charge in [-0.25, -0.2) is 0 Å². The van der Waals surface area contributed by atoms with Crippen LogP contribution in [0.3, 0.4) is 0 Å². The molecule has 0 radical (unpaired) electrons. The Morgan fingerprint density at radius 2 is 1.89 bits per heavy atom. The van der Waals surface area contributed by atoms with Crippen molar-refractivity contribution >= 4 is 0 Å². The number of hydrogen-bond acceptors (Lipinski definition) is 4. The van der Waals surface area contributed by atoms with Crippen LogP contribution in [0, 0.1) is 0 Å². The number of aliphatic hydroxyl groups is 1. The van der Waals surface area contributed by atoms with E-state index in [1.807, 2.05) is 30.3 Å². The van der Waals surface area contributed by atoms with Crippen molar-refractivity contribution in [2.24, 2.45) is 0 Å². The Bertz CT molecular complexity index is 517. The molecule has 1 saturated carbocycles. The summed E-state index contributed by atoms with van der Waals surface area (Å²) in [5.74, 6) is 0.609. The fourth-order valence-electron chi connectivity index (χ4n) is 2.47. The summed E-state index contributed by atoms with van der Waals surface area (Å²) in [6, 6.07) is 9.74. The number of rotatable bonds is 3. The topological polar surface area (TPSA) is 63.8 Å². The van der Waals surface area contributed by atoms with E-state index < -0.39 is 5.60 Å². The predicted molar refractivity (Wildman–Crippen MR) is 66.7 cm³/mol. The molecule has 1 aliphatic rings. The second kappa shape index (κ2) is 4.49. The highest BCUT2D eigenvalue weighted by atomic mass is 16.3. The largest absolute Gasteiger partial charge is 0.388 e. The van der Waals surface area contributed by atoms with Crippen molar-refractivity contribution in [3.63, 3.8) is 0 Å². The number of hydrogen-bond donors (Lipinski definition) is 1. The Morgan fingerprint density at radius 1 is 1.17 bits per heavy atom. The van der Waals surface area contributed by atoms with Gasteiger partial charge in [0.2, 0.25) is 5.82 Å². The predicted octanol–water partition coefficient (Wildman–Crippen LogP) is 1.65. The van der Waals surface area contributed by atoms with Gasteiger partial charge in [-0.3, -0.25) is 0 Å². The molecule has 0 amide bonds. The van der Waals surface area contributed by atoms with Crippen molar-refractivity contribution in [1.82, 2.24) is 20.2 Å². The van der Waals surface area contributed by atoms with E-state index in [4.69, 9.17) is 0 Å². The highest BCUT2D eigenvalue weighted by Gasteiger charge is 2.32. The number of tetrazole rings is 1. The molecule has 5 nitrogen and oxygen atoms in total. The standard InChI is InChI=1S/C13H16N4O/c18-13(8-4-5-9-13)10-17-15-12(14-16-17)11-6-2-1-3-7-11/h1-3,6-7,18H,4-5,8-10H2. The van der Waals surface area contributed by atoms with Crippen molar-refractivity contribution in [2.45, 2.75) is 37.8 Å². The summed E-state index contributed by atoms with van der Waals surface area (Å²) in [5.41, 5.74) is 0.302. The molecule has 3 rings (SSSR count). The zero-order valence-corrected chi connectivity index (χ0v) is 10.2. The zero-order valence-electron chi connectivity index (χ0n) is 10.2. The number of aromatic nitrogens is 4. The second-order valence-corrected chi connectivity index (χ2v) is 4.94. The van der Waals surface area contributed by atoms with Gasteiger partial charge in [0.05, 0.1) is 12.1 Å². The summed E-state index contributed by atoms with van der Waals surface area (Å²) in [6.07, 6.45) is 3.82. The van der Waals surface area contributed by atoms with E-state index in [0.29, 0.717) is 12.4 Å². The quantitative estimate of drug-likeness (QED) is 0.891. The van der Waals surface area contributed by atoms with E-state index in [-0.39, 0.29) is 0 Å². The van der Waals surface area contributed by atoms with Crippen LogP contribution in [-0.2, 0) is 6.54 Å². The summed E-state index contributed by atoms with van der Waals surface area (Å²) in [5, 5.41) is 22.7. The summed E-state index contributed by atoms with van der Waals surface area (Å²) in [7, 11) is 0. The van der Waals surface area contributed by atoms with Gasteiger partial charge in [-0.05, 0) is 18.1 Å². The fraction of sp³-hybridized carbons (Fsp3) is 0.462.